The van der Waals surface area contributed by atoms with Gasteiger partial charge in [-0.25, -0.2) is 4.68 Å². The fourth-order valence-corrected chi connectivity index (χ4v) is 4.23. The quantitative estimate of drug-likeness (QED) is 0.566. The average molecular weight is 436 g/mol. The third-order valence-electron chi connectivity index (χ3n) is 5.87. The van der Waals surface area contributed by atoms with Crippen LogP contribution in [0.15, 0.2) is 42.5 Å². The second-order valence-corrected chi connectivity index (χ2v) is 7.78. The molecule has 0 fully saturated rings. The van der Waals surface area contributed by atoms with Crippen LogP contribution in [0.4, 0.5) is 0 Å². The molecule has 0 bridgehead atoms. The molecule has 1 aromatic heterocycles. The number of amides is 1. The van der Waals surface area contributed by atoms with Crippen LogP contribution in [-0.4, -0.2) is 37.0 Å². The van der Waals surface area contributed by atoms with Crippen LogP contribution in [0.5, 0.6) is 17.2 Å². The van der Waals surface area contributed by atoms with Gasteiger partial charge in [0.1, 0.15) is 5.75 Å². The summed E-state index contributed by atoms with van der Waals surface area (Å²) in [6.07, 6.45) is 5.12. The molecule has 0 radical (unpaired) electrons. The minimum atomic E-state index is -0.185. The molecule has 1 aliphatic rings. The van der Waals surface area contributed by atoms with Crippen LogP contribution < -0.4 is 19.5 Å². The van der Waals surface area contributed by atoms with E-state index in [9.17, 15) is 4.79 Å². The third-order valence-corrected chi connectivity index (χ3v) is 5.87. The van der Waals surface area contributed by atoms with Crippen LogP contribution in [-0.2, 0) is 19.4 Å². The summed E-state index contributed by atoms with van der Waals surface area (Å²) >= 11 is 0. The summed E-state index contributed by atoms with van der Waals surface area (Å²) in [6.45, 7) is 0.287. The Balaban J connectivity index is 1.63. The Morgan fingerprint density at radius 3 is 2.34 bits per heavy atom. The van der Waals surface area contributed by atoms with E-state index in [4.69, 9.17) is 19.3 Å². The van der Waals surface area contributed by atoms with Gasteiger partial charge in [0.05, 0.1) is 27.0 Å². The maximum atomic E-state index is 13.2. The summed E-state index contributed by atoms with van der Waals surface area (Å²) in [7, 11) is 4.75. The summed E-state index contributed by atoms with van der Waals surface area (Å²) in [4.78, 5) is 13.2. The number of methoxy groups -OCH3 is 3. The molecule has 168 valence electrons. The molecule has 0 saturated heterocycles. The monoisotopic (exact) mass is 435 g/mol. The molecule has 1 N–H and O–H groups in total. The van der Waals surface area contributed by atoms with Crippen molar-refractivity contribution in [2.24, 2.45) is 0 Å². The van der Waals surface area contributed by atoms with Gasteiger partial charge in [0.15, 0.2) is 17.2 Å². The molecule has 0 saturated carbocycles. The van der Waals surface area contributed by atoms with Gasteiger partial charge in [0.25, 0.3) is 5.91 Å². The highest BCUT2D eigenvalue weighted by Crippen LogP contribution is 2.34. The maximum Gasteiger partial charge on any atom is 0.272 e. The van der Waals surface area contributed by atoms with Gasteiger partial charge in [-0.1, -0.05) is 24.6 Å². The first-order valence-corrected chi connectivity index (χ1v) is 10.9. The van der Waals surface area contributed by atoms with Crippen LogP contribution in [0, 0.1) is 0 Å². The highest BCUT2D eigenvalue weighted by molar-refractivity contribution is 5.94. The molecular formula is C25H29N3O4. The molecule has 1 heterocycles. The van der Waals surface area contributed by atoms with E-state index in [0.29, 0.717) is 22.9 Å². The molecule has 0 atom stereocenters. The maximum absolute atomic E-state index is 13.2. The molecule has 0 unspecified atom stereocenters. The first kappa shape index (κ1) is 21.7. The van der Waals surface area contributed by atoms with Crippen molar-refractivity contribution >= 4 is 5.91 Å². The van der Waals surface area contributed by atoms with Crippen LogP contribution >= 0.6 is 0 Å². The topological polar surface area (TPSA) is 74.6 Å². The molecule has 4 rings (SSSR count). The number of hydrogen-bond acceptors (Lipinski definition) is 5. The van der Waals surface area contributed by atoms with Gasteiger partial charge in [-0.05, 0) is 43.9 Å². The van der Waals surface area contributed by atoms with E-state index < -0.39 is 0 Å². The normalized spacial score (nSPS) is 13.1. The number of carbonyl (C=O) groups is 1. The van der Waals surface area contributed by atoms with Gasteiger partial charge in [-0.2, -0.15) is 5.10 Å². The minimum Gasteiger partial charge on any atom is -0.496 e. The number of fused-ring (bicyclic) bond motifs is 1. The Labute approximate surface area is 188 Å². The summed E-state index contributed by atoms with van der Waals surface area (Å²) in [6, 6.07) is 13.6. The zero-order valence-corrected chi connectivity index (χ0v) is 18.8. The highest BCUT2D eigenvalue weighted by atomic mass is 16.5. The molecule has 32 heavy (non-hydrogen) atoms. The standard InChI is InChI=1S/C25H29N3O4/c1-30-21-15-23(32-3)22(31-2)14-17(21)16-26-25(29)24-19-12-8-5-9-13-20(19)28(27-24)18-10-6-4-7-11-18/h4,6-7,10-11,14-15H,5,8-9,12-13,16H2,1-3H3,(H,26,29). The first-order valence-electron chi connectivity index (χ1n) is 10.9. The lowest BCUT2D eigenvalue weighted by atomic mass is 10.1. The lowest BCUT2D eigenvalue weighted by Gasteiger charge is -2.14. The van der Waals surface area contributed by atoms with E-state index in [1.165, 1.54) is 0 Å². The van der Waals surface area contributed by atoms with Gasteiger partial charge in [-0.15, -0.1) is 0 Å². The van der Waals surface area contributed by atoms with Gasteiger partial charge in [0.2, 0.25) is 0 Å². The number of benzene rings is 2. The Kier molecular flexibility index (Phi) is 6.63. The van der Waals surface area contributed by atoms with Crippen molar-refractivity contribution in [3.63, 3.8) is 0 Å². The van der Waals surface area contributed by atoms with Crippen molar-refractivity contribution in [2.45, 2.75) is 38.6 Å². The Morgan fingerprint density at radius 1 is 0.938 bits per heavy atom. The van der Waals surface area contributed by atoms with Gasteiger partial charge >= 0.3 is 0 Å². The van der Waals surface area contributed by atoms with Crippen LogP contribution in [0.25, 0.3) is 5.69 Å². The Hall–Kier alpha value is -3.48. The third kappa shape index (κ3) is 4.28. The molecular weight excluding hydrogens is 406 g/mol. The van der Waals surface area contributed by atoms with Gasteiger partial charge in [0, 0.05) is 29.4 Å². The number of carbonyl (C=O) groups excluding carboxylic acids is 1. The van der Waals surface area contributed by atoms with Crippen LogP contribution in [0.2, 0.25) is 0 Å². The van der Waals surface area contributed by atoms with E-state index in [2.05, 4.69) is 5.32 Å². The van der Waals surface area contributed by atoms with Crippen molar-refractivity contribution in [3.05, 3.63) is 65.0 Å². The number of para-hydroxylation sites is 1. The van der Waals surface area contributed by atoms with E-state index in [0.717, 1.165) is 54.6 Å². The minimum absolute atomic E-state index is 0.185. The van der Waals surface area contributed by atoms with Crippen LogP contribution in [0.3, 0.4) is 0 Å². The molecule has 0 aliphatic heterocycles. The second-order valence-electron chi connectivity index (χ2n) is 7.78. The largest absolute Gasteiger partial charge is 0.496 e. The molecule has 2 aromatic carbocycles. The summed E-state index contributed by atoms with van der Waals surface area (Å²) in [5.74, 6) is 1.59. The number of nitrogens with zero attached hydrogens (tertiary/aromatic N) is 2. The predicted molar refractivity (Wildman–Crippen MR) is 122 cm³/mol. The zero-order chi connectivity index (χ0) is 22.5. The van der Waals surface area contributed by atoms with Crippen molar-refractivity contribution < 1.29 is 19.0 Å². The van der Waals surface area contributed by atoms with E-state index in [1.54, 1.807) is 27.4 Å². The highest BCUT2D eigenvalue weighted by Gasteiger charge is 2.25. The number of ether oxygens (including phenoxy) is 3. The molecule has 1 amide bonds. The Bertz CT molecular complexity index is 1090. The summed E-state index contributed by atoms with van der Waals surface area (Å²) < 4.78 is 18.2. The number of rotatable bonds is 7. The molecule has 7 heteroatoms. The number of nitrogens with one attached hydrogen (secondary N) is 1. The first-order chi connectivity index (χ1) is 15.7. The number of hydrogen-bond donors (Lipinski definition) is 1. The summed E-state index contributed by atoms with van der Waals surface area (Å²) in [5, 5.41) is 7.77. The Morgan fingerprint density at radius 2 is 1.62 bits per heavy atom. The van der Waals surface area contributed by atoms with Gasteiger partial charge < -0.3 is 19.5 Å². The smallest absolute Gasteiger partial charge is 0.272 e. The van der Waals surface area contributed by atoms with E-state index in [1.807, 2.05) is 41.1 Å². The fraction of sp³-hybridized carbons (Fsp3) is 0.360. The van der Waals surface area contributed by atoms with Crippen LogP contribution in [0.1, 0.15) is 46.6 Å². The average Bonchev–Trinajstić information content (AvgIpc) is 3.03. The molecule has 0 spiro atoms. The zero-order valence-electron chi connectivity index (χ0n) is 18.8. The summed E-state index contributed by atoms with van der Waals surface area (Å²) in [5.41, 5.74) is 4.48. The van der Waals surface area contributed by atoms with E-state index in [-0.39, 0.29) is 12.5 Å². The molecule has 1 aliphatic carbocycles. The lowest BCUT2D eigenvalue weighted by molar-refractivity contribution is 0.0944. The van der Waals surface area contributed by atoms with Crippen molar-refractivity contribution in [2.75, 3.05) is 21.3 Å². The lowest BCUT2D eigenvalue weighted by Crippen LogP contribution is -2.25. The fourth-order valence-electron chi connectivity index (χ4n) is 4.23. The molecule has 7 nitrogen and oxygen atoms in total. The number of aromatic nitrogens is 2. The SMILES string of the molecule is COc1cc(OC)c(OC)cc1CNC(=O)c1nn(-c2ccccc2)c2c1CCCCC2. The van der Waals surface area contributed by atoms with Crippen molar-refractivity contribution in [3.8, 4) is 22.9 Å². The second kappa shape index (κ2) is 9.77. The van der Waals surface area contributed by atoms with Crippen molar-refractivity contribution in [1.29, 1.82) is 0 Å². The molecule has 3 aromatic rings. The van der Waals surface area contributed by atoms with Crippen molar-refractivity contribution in [1.82, 2.24) is 15.1 Å². The van der Waals surface area contributed by atoms with E-state index >= 15 is 0 Å². The predicted octanol–water partition coefficient (Wildman–Crippen LogP) is 4.10. The van der Waals surface area contributed by atoms with Gasteiger partial charge in [-0.3, -0.25) is 4.79 Å².